The average Bonchev–Trinajstić information content (AvgIpc) is 3.26. The number of anilines is 1. The molecule has 1 amide bonds. The summed E-state index contributed by atoms with van der Waals surface area (Å²) < 4.78 is 10.8. The highest BCUT2D eigenvalue weighted by Crippen LogP contribution is 2.31. The largest absolute Gasteiger partial charge is 0.494 e. The molecular formula is C21H16N4O5S. The minimum Gasteiger partial charge on any atom is -0.494 e. The number of nitrogens with one attached hydrogen (secondary N) is 1. The van der Waals surface area contributed by atoms with Crippen LogP contribution < -0.4 is 10.1 Å². The molecule has 1 aromatic heterocycles. The number of nitro groups is 1. The van der Waals surface area contributed by atoms with E-state index in [0.717, 1.165) is 28.1 Å². The van der Waals surface area contributed by atoms with Gasteiger partial charge in [0.25, 0.3) is 10.9 Å². The number of amides is 1. The van der Waals surface area contributed by atoms with Crippen molar-refractivity contribution < 1.29 is 18.9 Å². The number of hydrogen-bond donors (Lipinski definition) is 1. The highest BCUT2D eigenvalue weighted by molar-refractivity contribution is 7.99. The summed E-state index contributed by atoms with van der Waals surface area (Å²) in [6.07, 6.45) is 0. The third-order valence-electron chi connectivity index (χ3n) is 4.42. The van der Waals surface area contributed by atoms with E-state index in [0.29, 0.717) is 11.6 Å². The predicted octanol–water partition coefficient (Wildman–Crippen LogP) is 4.54. The van der Waals surface area contributed by atoms with Gasteiger partial charge in [-0.3, -0.25) is 14.9 Å². The third kappa shape index (κ3) is 4.48. The Kier molecular flexibility index (Phi) is 5.80. The smallest absolute Gasteiger partial charge is 0.277 e. The van der Waals surface area contributed by atoms with E-state index in [1.165, 1.54) is 25.3 Å². The lowest BCUT2D eigenvalue weighted by Gasteiger charge is -2.09. The quantitative estimate of drug-likeness (QED) is 0.255. The van der Waals surface area contributed by atoms with Crippen LogP contribution in [0.2, 0.25) is 0 Å². The number of methoxy groups -OCH3 is 1. The Labute approximate surface area is 180 Å². The van der Waals surface area contributed by atoms with Crippen LogP contribution in [0.3, 0.4) is 0 Å². The Morgan fingerprint density at radius 3 is 2.77 bits per heavy atom. The summed E-state index contributed by atoms with van der Waals surface area (Å²) in [5.41, 5.74) is 1.02. The number of carbonyl (C=O) groups excluding carboxylic acids is 1. The van der Waals surface area contributed by atoms with Crippen molar-refractivity contribution in [2.45, 2.75) is 5.22 Å². The van der Waals surface area contributed by atoms with E-state index in [1.807, 2.05) is 42.5 Å². The molecule has 0 radical (unpaired) electrons. The van der Waals surface area contributed by atoms with E-state index < -0.39 is 4.92 Å². The van der Waals surface area contributed by atoms with Crippen LogP contribution in [0.4, 0.5) is 11.4 Å². The number of carbonyl (C=O) groups is 1. The van der Waals surface area contributed by atoms with Gasteiger partial charge in [0, 0.05) is 11.6 Å². The van der Waals surface area contributed by atoms with Crippen molar-refractivity contribution in [2.24, 2.45) is 0 Å². The number of fused-ring (bicyclic) bond motifs is 1. The number of nitro benzene ring substituents is 1. The fourth-order valence-corrected chi connectivity index (χ4v) is 3.56. The van der Waals surface area contributed by atoms with Crippen molar-refractivity contribution in [2.75, 3.05) is 18.2 Å². The van der Waals surface area contributed by atoms with Gasteiger partial charge < -0.3 is 14.5 Å². The summed E-state index contributed by atoms with van der Waals surface area (Å²) in [6, 6.07) is 17.7. The van der Waals surface area contributed by atoms with Gasteiger partial charge in [0.15, 0.2) is 0 Å². The second-order valence-corrected chi connectivity index (χ2v) is 7.30. The number of benzene rings is 3. The lowest BCUT2D eigenvalue weighted by Crippen LogP contribution is -2.14. The maximum absolute atomic E-state index is 12.3. The first-order valence-electron chi connectivity index (χ1n) is 9.12. The molecule has 9 nitrogen and oxygen atoms in total. The average molecular weight is 436 g/mol. The lowest BCUT2D eigenvalue weighted by molar-refractivity contribution is -0.384. The SMILES string of the molecule is COc1cc([N+](=O)[O-])ccc1NC(=O)CSc1nnc(-c2cccc3ccccc23)o1. The Morgan fingerprint density at radius 1 is 1.16 bits per heavy atom. The van der Waals surface area contributed by atoms with Crippen molar-refractivity contribution in [1.82, 2.24) is 10.2 Å². The van der Waals surface area contributed by atoms with Crippen molar-refractivity contribution >= 4 is 39.8 Å². The zero-order valence-corrected chi connectivity index (χ0v) is 17.1. The molecule has 3 aromatic carbocycles. The Morgan fingerprint density at radius 2 is 1.97 bits per heavy atom. The molecule has 4 rings (SSSR count). The number of ether oxygens (including phenoxy) is 1. The fourth-order valence-electron chi connectivity index (χ4n) is 3.00. The molecule has 0 fully saturated rings. The Balaban J connectivity index is 1.43. The highest BCUT2D eigenvalue weighted by atomic mass is 32.2. The molecule has 0 bridgehead atoms. The number of non-ortho nitro benzene ring substituents is 1. The summed E-state index contributed by atoms with van der Waals surface area (Å²) in [5.74, 6) is 0.236. The van der Waals surface area contributed by atoms with Gasteiger partial charge in [0.2, 0.25) is 11.8 Å². The van der Waals surface area contributed by atoms with E-state index in [-0.39, 0.29) is 28.3 Å². The molecule has 31 heavy (non-hydrogen) atoms. The molecule has 0 saturated carbocycles. The normalized spacial score (nSPS) is 10.7. The van der Waals surface area contributed by atoms with Crippen LogP contribution in [-0.4, -0.2) is 33.9 Å². The van der Waals surface area contributed by atoms with Crippen LogP contribution >= 0.6 is 11.8 Å². The molecule has 0 aliphatic heterocycles. The fraction of sp³-hybridized carbons (Fsp3) is 0.0952. The molecule has 1 N–H and O–H groups in total. The van der Waals surface area contributed by atoms with Crippen molar-refractivity contribution in [3.63, 3.8) is 0 Å². The van der Waals surface area contributed by atoms with Gasteiger partial charge in [-0.05, 0) is 22.9 Å². The predicted molar refractivity (Wildman–Crippen MR) is 116 cm³/mol. The zero-order chi connectivity index (χ0) is 21.8. The standard InChI is InChI=1S/C21H16N4O5S/c1-29-18-11-14(25(27)28)9-10-17(18)22-19(26)12-31-21-24-23-20(30-21)16-8-4-6-13-5-2-3-7-15(13)16/h2-11H,12H2,1H3,(H,22,26). The minimum atomic E-state index is -0.535. The van der Waals surface area contributed by atoms with Crippen molar-refractivity contribution in [3.8, 4) is 17.2 Å². The van der Waals surface area contributed by atoms with Gasteiger partial charge in [-0.15, -0.1) is 10.2 Å². The second kappa shape index (κ2) is 8.84. The first kappa shape index (κ1) is 20.4. The second-order valence-electron chi connectivity index (χ2n) is 6.38. The molecule has 0 aliphatic carbocycles. The molecule has 156 valence electrons. The number of nitrogens with zero attached hydrogens (tertiary/aromatic N) is 3. The summed E-state index contributed by atoms with van der Waals surface area (Å²) in [4.78, 5) is 22.7. The van der Waals surface area contributed by atoms with E-state index in [1.54, 1.807) is 0 Å². The molecule has 10 heteroatoms. The minimum absolute atomic E-state index is 0.0112. The number of aromatic nitrogens is 2. The van der Waals surface area contributed by atoms with Gasteiger partial charge in [-0.1, -0.05) is 48.2 Å². The molecule has 0 saturated heterocycles. The molecule has 4 aromatic rings. The topological polar surface area (TPSA) is 120 Å². The maximum atomic E-state index is 12.3. The van der Waals surface area contributed by atoms with E-state index in [4.69, 9.17) is 9.15 Å². The molecule has 1 heterocycles. The number of hydrogen-bond acceptors (Lipinski definition) is 8. The van der Waals surface area contributed by atoms with Gasteiger partial charge in [-0.2, -0.15) is 0 Å². The zero-order valence-electron chi connectivity index (χ0n) is 16.3. The van der Waals surface area contributed by atoms with Crippen molar-refractivity contribution in [1.29, 1.82) is 0 Å². The molecule has 0 aliphatic rings. The molecule has 0 spiro atoms. The number of rotatable bonds is 7. The van der Waals surface area contributed by atoms with E-state index in [9.17, 15) is 14.9 Å². The highest BCUT2D eigenvalue weighted by Gasteiger charge is 2.16. The molecule has 0 unspecified atom stereocenters. The maximum Gasteiger partial charge on any atom is 0.277 e. The third-order valence-corrected chi connectivity index (χ3v) is 5.24. The molecular weight excluding hydrogens is 420 g/mol. The molecule has 0 atom stereocenters. The van der Waals surface area contributed by atoms with Gasteiger partial charge in [-0.25, -0.2) is 0 Å². The van der Waals surface area contributed by atoms with Crippen LogP contribution in [0.5, 0.6) is 5.75 Å². The lowest BCUT2D eigenvalue weighted by atomic mass is 10.0. The summed E-state index contributed by atoms with van der Waals surface area (Å²) in [5, 5.41) is 24.0. The van der Waals surface area contributed by atoms with Crippen LogP contribution in [0.1, 0.15) is 0 Å². The first-order valence-corrected chi connectivity index (χ1v) is 10.1. The Hall–Kier alpha value is -3.92. The Bertz CT molecular complexity index is 1270. The monoisotopic (exact) mass is 436 g/mol. The number of thioether (sulfide) groups is 1. The van der Waals surface area contributed by atoms with Crippen LogP contribution in [-0.2, 0) is 4.79 Å². The van der Waals surface area contributed by atoms with E-state index in [2.05, 4.69) is 15.5 Å². The summed E-state index contributed by atoms with van der Waals surface area (Å²) >= 11 is 1.09. The van der Waals surface area contributed by atoms with Gasteiger partial charge in [0.05, 0.1) is 29.5 Å². The van der Waals surface area contributed by atoms with Crippen molar-refractivity contribution in [3.05, 3.63) is 70.8 Å². The van der Waals surface area contributed by atoms with E-state index >= 15 is 0 Å². The van der Waals surface area contributed by atoms with Gasteiger partial charge >= 0.3 is 0 Å². The first-order chi connectivity index (χ1) is 15.0. The van der Waals surface area contributed by atoms with Gasteiger partial charge in [0.1, 0.15) is 5.75 Å². The van der Waals surface area contributed by atoms with Crippen LogP contribution in [0.25, 0.3) is 22.2 Å². The van der Waals surface area contributed by atoms with Crippen LogP contribution in [0.15, 0.2) is 70.3 Å². The summed E-state index contributed by atoms with van der Waals surface area (Å²) in [7, 11) is 1.37. The van der Waals surface area contributed by atoms with Crippen LogP contribution in [0, 0.1) is 10.1 Å². The summed E-state index contributed by atoms with van der Waals surface area (Å²) in [6.45, 7) is 0.